The Morgan fingerprint density at radius 1 is 1.07 bits per heavy atom. The Labute approximate surface area is 165 Å². The molecule has 4 nitrogen and oxygen atoms in total. The molecule has 0 amide bonds. The molecule has 1 atom stereocenters. The third-order valence-electron chi connectivity index (χ3n) is 4.91. The summed E-state index contributed by atoms with van der Waals surface area (Å²) in [5, 5.41) is 14.9. The first kappa shape index (κ1) is 19.6. The third kappa shape index (κ3) is 4.21. The highest BCUT2D eigenvalue weighted by atomic mass is 16.5. The predicted molar refractivity (Wildman–Crippen MR) is 112 cm³/mol. The van der Waals surface area contributed by atoms with E-state index >= 15 is 0 Å². The van der Waals surface area contributed by atoms with Crippen molar-refractivity contribution in [2.24, 2.45) is 5.92 Å². The number of hydrogen-bond acceptors (Lipinski definition) is 4. The van der Waals surface area contributed by atoms with Gasteiger partial charge in [0.2, 0.25) is 0 Å². The Morgan fingerprint density at radius 2 is 1.79 bits per heavy atom. The van der Waals surface area contributed by atoms with E-state index in [2.05, 4.69) is 41.7 Å². The molecule has 0 saturated heterocycles. The van der Waals surface area contributed by atoms with E-state index in [-0.39, 0.29) is 17.9 Å². The van der Waals surface area contributed by atoms with Crippen molar-refractivity contribution in [3.63, 3.8) is 0 Å². The summed E-state index contributed by atoms with van der Waals surface area (Å²) in [6, 6.07) is 22.0. The van der Waals surface area contributed by atoms with Gasteiger partial charge in [0, 0.05) is 6.54 Å². The molecule has 3 aromatic rings. The van der Waals surface area contributed by atoms with Gasteiger partial charge in [-0.2, -0.15) is 5.26 Å². The average molecular weight is 372 g/mol. The minimum Gasteiger partial charge on any atom is -0.468 e. The van der Waals surface area contributed by atoms with Crippen molar-refractivity contribution in [2.45, 2.75) is 26.4 Å². The van der Waals surface area contributed by atoms with Crippen LogP contribution >= 0.6 is 0 Å². The van der Waals surface area contributed by atoms with Crippen molar-refractivity contribution in [1.29, 1.82) is 5.26 Å². The highest BCUT2D eigenvalue weighted by Crippen LogP contribution is 2.27. The number of methoxy groups -OCH3 is 1. The van der Waals surface area contributed by atoms with Gasteiger partial charge in [-0.05, 0) is 51.6 Å². The van der Waals surface area contributed by atoms with E-state index in [1.165, 1.54) is 7.11 Å². The maximum absolute atomic E-state index is 11.9. The SMILES string of the molecule is COC(=O)[C@@H](NCc1ccc2cc(-c3ccccc3C#N)ccc2c1)C(C)C. The van der Waals surface area contributed by atoms with Crippen LogP contribution in [0.4, 0.5) is 0 Å². The maximum atomic E-state index is 11.9. The zero-order valence-electron chi connectivity index (χ0n) is 16.4. The molecule has 0 aliphatic carbocycles. The highest BCUT2D eigenvalue weighted by molar-refractivity contribution is 5.88. The van der Waals surface area contributed by atoms with Gasteiger partial charge in [0.05, 0.1) is 18.7 Å². The molecule has 0 unspecified atom stereocenters. The zero-order valence-corrected chi connectivity index (χ0v) is 16.4. The second-order valence-electron chi connectivity index (χ2n) is 7.18. The fourth-order valence-corrected chi connectivity index (χ4v) is 3.35. The van der Waals surface area contributed by atoms with E-state index in [4.69, 9.17) is 4.74 Å². The lowest BCUT2D eigenvalue weighted by molar-refractivity contribution is -0.144. The molecule has 1 N–H and O–H groups in total. The van der Waals surface area contributed by atoms with Gasteiger partial charge in [-0.1, -0.05) is 56.3 Å². The van der Waals surface area contributed by atoms with Crippen LogP contribution in [0, 0.1) is 17.2 Å². The summed E-state index contributed by atoms with van der Waals surface area (Å²) >= 11 is 0. The van der Waals surface area contributed by atoms with Crippen molar-refractivity contribution in [2.75, 3.05) is 7.11 Å². The topological polar surface area (TPSA) is 62.1 Å². The molecular formula is C24H24N2O2. The number of carbonyl (C=O) groups is 1. The van der Waals surface area contributed by atoms with E-state index in [1.54, 1.807) is 0 Å². The van der Waals surface area contributed by atoms with Crippen LogP contribution in [0.5, 0.6) is 0 Å². The molecule has 0 radical (unpaired) electrons. The van der Waals surface area contributed by atoms with Gasteiger partial charge in [0.25, 0.3) is 0 Å². The van der Waals surface area contributed by atoms with Gasteiger partial charge >= 0.3 is 5.97 Å². The molecule has 3 aromatic carbocycles. The van der Waals surface area contributed by atoms with E-state index in [0.29, 0.717) is 12.1 Å². The van der Waals surface area contributed by atoms with Crippen molar-refractivity contribution in [3.8, 4) is 17.2 Å². The molecule has 0 aliphatic heterocycles. The fraction of sp³-hybridized carbons (Fsp3) is 0.250. The number of nitriles is 1. The van der Waals surface area contributed by atoms with Crippen molar-refractivity contribution < 1.29 is 9.53 Å². The number of benzene rings is 3. The van der Waals surface area contributed by atoms with Gasteiger partial charge in [0.1, 0.15) is 6.04 Å². The smallest absolute Gasteiger partial charge is 0.323 e. The van der Waals surface area contributed by atoms with E-state index in [9.17, 15) is 10.1 Å². The summed E-state index contributed by atoms with van der Waals surface area (Å²) in [7, 11) is 1.41. The van der Waals surface area contributed by atoms with Crippen LogP contribution < -0.4 is 5.32 Å². The molecule has 0 saturated carbocycles. The van der Waals surface area contributed by atoms with Crippen molar-refractivity contribution in [1.82, 2.24) is 5.32 Å². The number of nitrogens with one attached hydrogen (secondary N) is 1. The monoisotopic (exact) mass is 372 g/mol. The summed E-state index contributed by atoms with van der Waals surface area (Å²) in [5.41, 5.74) is 3.74. The molecular weight excluding hydrogens is 348 g/mol. The Hall–Kier alpha value is -3.16. The number of hydrogen-bond donors (Lipinski definition) is 1. The lowest BCUT2D eigenvalue weighted by Gasteiger charge is -2.20. The summed E-state index contributed by atoms with van der Waals surface area (Å²) < 4.78 is 4.88. The van der Waals surface area contributed by atoms with Crippen LogP contribution in [0.2, 0.25) is 0 Å². The molecule has 142 valence electrons. The quantitative estimate of drug-likeness (QED) is 0.639. The molecule has 0 bridgehead atoms. The Bertz CT molecular complexity index is 1030. The highest BCUT2D eigenvalue weighted by Gasteiger charge is 2.22. The van der Waals surface area contributed by atoms with Gasteiger partial charge in [-0.25, -0.2) is 0 Å². The lowest BCUT2D eigenvalue weighted by Crippen LogP contribution is -2.41. The number of ether oxygens (including phenoxy) is 1. The minimum atomic E-state index is -0.328. The van der Waals surface area contributed by atoms with Crippen LogP contribution in [-0.2, 0) is 16.1 Å². The van der Waals surface area contributed by atoms with Gasteiger partial charge < -0.3 is 10.1 Å². The fourth-order valence-electron chi connectivity index (χ4n) is 3.35. The molecule has 28 heavy (non-hydrogen) atoms. The molecule has 0 spiro atoms. The summed E-state index contributed by atoms with van der Waals surface area (Å²) in [5.74, 6) is -0.0905. The van der Waals surface area contributed by atoms with E-state index < -0.39 is 0 Å². The van der Waals surface area contributed by atoms with E-state index in [1.807, 2.05) is 44.2 Å². The number of fused-ring (bicyclic) bond motifs is 1. The standard InChI is InChI=1S/C24H24N2O2/c1-16(2)23(24(27)28-3)26-15-17-8-9-19-13-20(11-10-18(19)12-17)22-7-5-4-6-21(22)14-25/h4-13,16,23,26H,15H2,1-3H3/t23-/m0/s1. The number of carbonyl (C=O) groups excluding carboxylic acids is 1. The Balaban J connectivity index is 1.83. The van der Waals surface area contributed by atoms with Gasteiger partial charge in [0.15, 0.2) is 0 Å². The lowest BCUT2D eigenvalue weighted by atomic mass is 9.97. The third-order valence-corrected chi connectivity index (χ3v) is 4.91. The summed E-state index contributed by atoms with van der Waals surface area (Å²) in [6.07, 6.45) is 0. The molecule has 0 fully saturated rings. The first-order chi connectivity index (χ1) is 13.5. The molecule has 0 aromatic heterocycles. The molecule has 4 heteroatoms. The van der Waals surface area contributed by atoms with Crippen LogP contribution in [0.15, 0.2) is 60.7 Å². The number of esters is 1. The van der Waals surface area contributed by atoms with Gasteiger partial charge in [-0.3, -0.25) is 4.79 Å². The van der Waals surface area contributed by atoms with Crippen molar-refractivity contribution >= 4 is 16.7 Å². The summed E-state index contributed by atoms with van der Waals surface area (Å²) in [4.78, 5) is 11.9. The van der Waals surface area contributed by atoms with E-state index in [0.717, 1.165) is 27.5 Å². The van der Waals surface area contributed by atoms with Crippen molar-refractivity contribution in [3.05, 3.63) is 71.8 Å². The van der Waals surface area contributed by atoms with Crippen LogP contribution in [0.25, 0.3) is 21.9 Å². The summed E-state index contributed by atoms with van der Waals surface area (Å²) in [6.45, 7) is 4.58. The van der Waals surface area contributed by atoms with Crippen LogP contribution in [0.1, 0.15) is 25.0 Å². The molecule has 3 rings (SSSR count). The van der Waals surface area contributed by atoms with Crippen LogP contribution in [-0.4, -0.2) is 19.1 Å². The predicted octanol–water partition coefficient (Wildman–Crippen LogP) is 4.67. The molecule has 0 aliphatic rings. The normalized spacial score (nSPS) is 12.0. The maximum Gasteiger partial charge on any atom is 0.323 e. The zero-order chi connectivity index (χ0) is 20.1. The Morgan fingerprint density at radius 3 is 2.50 bits per heavy atom. The average Bonchev–Trinajstić information content (AvgIpc) is 2.72. The minimum absolute atomic E-state index is 0.149. The first-order valence-corrected chi connectivity index (χ1v) is 9.37. The second kappa shape index (κ2) is 8.69. The Kier molecular flexibility index (Phi) is 6.08. The number of nitrogens with zero attached hydrogens (tertiary/aromatic N) is 1. The largest absolute Gasteiger partial charge is 0.468 e. The number of rotatable bonds is 6. The first-order valence-electron chi connectivity index (χ1n) is 9.37. The molecule has 0 heterocycles. The van der Waals surface area contributed by atoms with Crippen LogP contribution in [0.3, 0.4) is 0 Å². The second-order valence-corrected chi connectivity index (χ2v) is 7.18. The van der Waals surface area contributed by atoms with Gasteiger partial charge in [-0.15, -0.1) is 0 Å².